The molecule has 1 aliphatic rings. The summed E-state index contributed by atoms with van der Waals surface area (Å²) in [5, 5.41) is 14.2. The summed E-state index contributed by atoms with van der Waals surface area (Å²) in [5.74, 6) is -0.686. The third kappa shape index (κ3) is 8.56. The van der Waals surface area contributed by atoms with Gasteiger partial charge in [-0.25, -0.2) is 9.80 Å². The Kier molecular flexibility index (Phi) is 12.4. The molecule has 0 saturated carbocycles. The highest BCUT2D eigenvalue weighted by molar-refractivity contribution is 5.87. The van der Waals surface area contributed by atoms with E-state index in [1.807, 2.05) is 50.0 Å². The number of carbonyl (C=O) groups is 2. The average molecular weight is 609 g/mol. The number of hydrogen-bond acceptors (Lipinski definition) is 8. The van der Waals surface area contributed by atoms with E-state index in [0.717, 1.165) is 10.2 Å². The number of carbonyl (C=O) groups excluding carboxylic acids is 2. The van der Waals surface area contributed by atoms with Crippen LogP contribution in [-0.4, -0.2) is 75.8 Å². The fourth-order valence-corrected chi connectivity index (χ4v) is 4.42. The third-order valence-electron chi connectivity index (χ3n) is 6.83. The number of nitrogens with zero attached hydrogens (tertiary/aromatic N) is 5. The number of hydrazine groups is 1. The van der Waals surface area contributed by atoms with Crippen molar-refractivity contribution in [3.8, 4) is 11.5 Å². The van der Waals surface area contributed by atoms with Gasteiger partial charge < -0.3 is 20.0 Å². The zero-order chi connectivity index (χ0) is 28.1. The number of anilines is 1. The van der Waals surface area contributed by atoms with Crippen LogP contribution in [0.25, 0.3) is 11.5 Å². The van der Waals surface area contributed by atoms with Crippen molar-refractivity contribution in [2.45, 2.75) is 39.9 Å². The van der Waals surface area contributed by atoms with Crippen LogP contribution in [-0.2, 0) is 29.7 Å². The van der Waals surface area contributed by atoms with Crippen molar-refractivity contribution in [3.63, 3.8) is 0 Å². The molecule has 0 radical (unpaired) electrons. The molecule has 41 heavy (non-hydrogen) atoms. The topological polar surface area (TPSA) is 116 Å². The molecule has 0 spiro atoms. The molecule has 0 unspecified atom stereocenters. The molecule has 4 rings (SSSR count). The van der Waals surface area contributed by atoms with Crippen LogP contribution in [0.1, 0.15) is 30.5 Å². The molecule has 3 aromatic rings. The number of benzene rings is 2. The summed E-state index contributed by atoms with van der Waals surface area (Å²) in [7, 11) is 3.28. The van der Waals surface area contributed by atoms with Gasteiger partial charge in [-0.15, -0.1) is 29.9 Å². The van der Waals surface area contributed by atoms with Crippen molar-refractivity contribution >= 4 is 42.3 Å². The zero-order valence-corrected chi connectivity index (χ0v) is 25.7. The molecule has 2 aromatic carbocycles. The Labute approximate surface area is 252 Å². The lowest BCUT2D eigenvalue weighted by molar-refractivity contribution is -0.151. The fourth-order valence-electron chi connectivity index (χ4n) is 4.42. The number of likely N-dealkylation sites (N-methyl/N-ethyl adjacent to an activating group) is 1. The molecular formula is C28H39Cl2N7O4. The number of aromatic nitrogens is 2. The van der Waals surface area contributed by atoms with Gasteiger partial charge >= 0.3 is 5.76 Å². The fraction of sp³-hybridized carbons (Fsp3) is 0.429. The Bertz CT molecular complexity index is 1370. The normalized spacial score (nSPS) is 12.3. The third-order valence-corrected chi connectivity index (χ3v) is 6.83. The van der Waals surface area contributed by atoms with E-state index in [2.05, 4.69) is 27.9 Å². The van der Waals surface area contributed by atoms with Gasteiger partial charge in [-0.05, 0) is 35.7 Å². The highest BCUT2D eigenvalue weighted by Gasteiger charge is 2.27. The Hall–Kier alpha value is -3.38. The Morgan fingerprint density at radius 3 is 2.32 bits per heavy atom. The van der Waals surface area contributed by atoms with Crippen molar-refractivity contribution in [2.24, 2.45) is 7.05 Å². The molecule has 0 bridgehead atoms. The standard InChI is InChI=1S/C28H37N7O4.2ClH/c1-19(2)29-12-13-34(18-26(37)33(5)35-16-22-8-6-7-9-23(22)17-35)25(36)15-30-24-14-21(11-10-20(24)3)27-31-32(4)28(38)39-27;;/h6-11,14,19,29-30H,12-13,15-18H2,1-5H3;2*1H. The zero-order valence-electron chi connectivity index (χ0n) is 24.0. The van der Waals surface area contributed by atoms with Gasteiger partial charge in [-0.1, -0.05) is 44.2 Å². The first-order valence-corrected chi connectivity index (χ1v) is 13.1. The summed E-state index contributed by atoms with van der Waals surface area (Å²) in [5.41, 5.74) is 4.67. The number of aryl methyl sites for hydroxylation is 2. The number of nitrogens with one attached hydrogen (secondary N) is 2. The van der Waals surface area contributed by atoms with Crippen molar-refractivity contribution in [1.29, 1.82) is 0 Å². The maximum atomic E-state index is 13.3. The van der Waals surface area contributed by atoms with E-state index < -0.39 is 5.76 Å². The largest absolute Gasteiger partial charge is 0.437 e. The van der Waals surface area contributed by atoms with Gasteiger partial charge in [0.05, 0.1) is 6.54 Å². The predicted octanol–water partition coefficient (Wildman–Crippen LogP) is 2.82. The van der Waals surface area contributed by atoms with E-state index >= 15 is 0 Å². The van der Waals surface area contributed by atoms with Crippen LogP contribution in [0.5, 0.6) is 0 Å². The second-order valence-electron chi connectivity index (χ2n) is 10.1. The molecule has 1 aliphatic heterocycles. The molecule has 0 fully saturated rings. The predicted molar refractivity (Wildman–Crippen MR) is 163 cm³/mol. The van der Waals surface area contributed by atoms with E-state index in [9.17, 15) is 14.4 Å². The van der Waals surface area contributed by atoms with Gasteiger partial charge in [0, 0.05) is 57.6 Å². The van der Waals surface area contributed by atoms with Crippen LogP contribution in [0, 0.1) is 6.92 Å². The van der Waals surface area contributed by atoms with Gasteiger partial charge in [0.2, 0.25) is 11.8 Å². The van der Waals surface area contributed by atoms with E-state index in [1.54, 1.807) is 23.0 Å². The maximum absolute atomic E-state index is 13.3. The van der Waals surface area contributed by atoms with Crippen molar-refractivity contribution in [1.82, 2.24) is 30.0 Å². The Balaban J connectivity index is 0.00000294. The summed E-state index contributed by atoms with van der Waals surface area (Å²) in [6.07, 6.45) is 0. The first-order valence-electron chi connectivity index (χ1n) is 13.1. The SMILES string of the molecule is Cc1ccc(-c2nn(C)c(=O)o2)cc1NCC(=O)N(CCNC(C)C)CC(=O)N(C)N1Cc2ccccc2C1.Cl.Cl. The minimum absolute atomic E-state index is 0. The van der Waals surface area contributed by atoms with Gasteiger partial charge in [-0.3, -0.25) is 14.6 Å². The maximum Gasteiger partial charge on any atom is 0.437 e. The quantitative estimate of drug-likeness (QED) is 0.342. The minimum atomic E-state index is -0.548. The molecule has 1 aromatic heterocycles. The van der Waals surface area contributed by atoms with Crippen molar-refractivity contribution in [2.75, 3.05) is 38.5 Å². The summed E-state index contributed by atoms with van der Waals surface area (Å²) >= 11 is 0. The summed E-state index contributed by atoms with van der Waals surface area (Å²) < 4.78 is 6.32. The molecule has 2 N–H and O–H groups in total. The number of halogens is 2. The highest BCUT2D eigenvalue weighted by Crippen LogP contribution is 2.24. The smallest absolute Gasteiger partial charge is 0.388 e. The summed E-state index contributed by atoms with van der Waals surface area (Å²) in [4.78, 5) is 39.9. The van der Waals surface area contributed by atoms with E-state index in [4.69, 9.17) is 4.42 Å². The van der Waals surface area contributed by atoms with Gasteiger partial charge in [0.15, 0.2) is 0 Å². The lowest BCUT2D eigenvalue weighted by Gasteiger charge is -2.31. The van der Waals surface area contributed by atoms with Gasteiger partial charge in [-0.2, -0.15) is 4.68 Å². The van der Waals surface area contributed by atoms with Crippen LogP contribution >= 0.6 is 24.8 Å². The first-order chi connectivity index (χ1) is 18.6. The number of rotatable bonds is 11. The molecule has 0 atom stereocenters. The highest BCUT2D eigenvalue weighted by atomic mass is 35.5. The molecule has 2 amide bonds. The number of hydrogen-bond donors (Lipinski definition) is 2. The molecular weight excluding hydrogens is 569 g/mol. The van der Waals surface area contributed by atoms with E-state index in [-0.39, 0.29) is 61.7 Å². The van der Waals surface area contributed by atoms with Crippen LogP contribution in [0.15, 0.2) is 51.7 Å². The number of amides is 2. The molecule has 0 saturated heterocycles. The van der Waals surface area contributed by atoms with Crippen LogP contribution in [0.3, 0.4) is 0 Å². The summed E-state index contributed by atoms with van der Waals surface area (Å²) in [6.45, 7) is 8.27. The van der Waals surface area contributed by atoms with Gasteiger partial charge in [0.1, 0.15) is 6.54 Å². The molecule has 11 nitrogen and oxygen atoms in total. The second kappa shape index (κ2) is 15.0. The average Bonchev–Trinajstić information content (AvgIpc) is 3.49. The van der Waals surface area contributed by atoms with E-state index in [1.165, 1.54) is 18.2 Å². The lowest BCUT2D eigenvalue weighted by Crippen LogP contribution is -2.49. The molecule has 13 heteroatoms. The number of fused-ring (bicyclic) bond motifs is 1. The van der Waals surface area contributed by atoms with E-state index in [0.29, 0.717) is 37.4 Å². The van der Waals surface area contributed by atoms with Crippen LogP contribution in [0.2, 0.25) is 0 Å². The van der Waals surface area contributed by atoms with Crippen LogP contribution < -0.4 is 16.4 Å². The van der Waals surface area contributed by atoms with Crippen molar-refractivity contribution < 1.29 is 14.0 Å². The molecule has 224 valence electrons. The molecule has 2 heterocycles. The van der Waals surface area contributed by atoms with Crippen LogP contribution in [0.4, 0.5) is 5.69 Å². The van der Waals surface area contributed by atoms with Crippen molar-refractivity contribution in [3.05, 3.63) is 69.7 Å². The summed E-state index contributed by atoms with van der Waals surface area (Å²) in [6, 6.07) is 13.9. The minimum Gasteiger partial charge on any atom is -0.388 e. The lowest BCUT2D eigenvalue weighted by atomic mass is 10.1. The second-order valence-corrected chi connectivity index (χ2v) is 10.1. The first kappa shape index (κ1) is 33.8. The Morgan fingerprint density at radius 2 is 1.73 bits per heavy atom. The van der Waals surface area contributed by atoms with Gasteiger partial charge in [0.25, 0.3) is 5.91 Å². The Morgan fingerprint density at radius 1 is 1.07 bits per heavy atom. The monoisotopic (exact) mass is 607 g/mol. The molecule has 0 aliphatic carbocycles.